The van der Waals surface area contributed by atoms with Crippen LogP contribution in [-0.2, 0) is 23.7 Å². The number of carboxylic acid groups (broad SMARTS) is 1. The van der Waals surface area contributed by atoms with Crippen LogP contribution in [0.2, 0.25) is 10.0 Å². The average molecular weight is 655 g/mol. The molecular formula is C31H22Cl2F6N2O3. The lowest BCUT2D eigenvalue weighted by atomic mass is 9.97. The van der Waals surface area contributed by atoms with Gasteiger partial charge in [-0.05, 0) is 65.6 Å². The van der Waals surface area contributed by atoms with E-state index >= 15 is 0 Å². The summed E-state index contributed by atoms with van der Waals surface area (Å²) in [6.07, 6.45) is -8.10. The molecule has 0 aliphatic heterocycles. The van der Waals surface area contributed by atoms with Gasteiger partial charge < -0.3 is 10.4 Å². The largest absolute Gasteiger partial charge is 0.481 e. The summed E-state index contributed by atoms with van der Waals surface area (Å²) in [6, 6.07) is 14.0. The Labute approximate surface area is 257 Å². The van der Waals surface area contributed by atoms with Crippen LogP contribution < -0.4 is 5.32 Å². The number of alkyl halides is 6. The normalized spacial score (nSPS) is 11.8. The van der Waals surface area contributed by atoms with E-state index in [0.29, 0.717) is 22.4 Å². The van der Waals surface area contributed by atoms with Crippen LogP contribution in [0.4, 0.5) is 32.0 Å². The van der Waals surface area contributed by atoms with Gasteiger partial charge in [0.15, 0.2) is 5.78 Å². The van der Waals surface area contributed by atoms with E-state index in [4.69, 9.17) is 28.3 Å². The highest BCUT2D eigenvalue weighted by Crippen LogP contribution is 2.39. The van der Waals surface area contributed by atoms with Crippen molar-refractivity contribution in [3.05, 3.63) is 105 Å². The number of benzene rings is 3. The quantitative estimate of drug-likeness (QED) is 0.131. The molecule has 13 heteroatoms. The van der Waals surface area contributed by atoms with Gasteiger partial charge in [-0.1, -0.05) is 47.5 Å². The second-order valence-electron chi connectivity index (χ2n) is 9.71. The molecule has 0 fully saturated rings. The number of aromatic nitrogens is 1. The fourth-order valence-corrected chi connectivity index (χ4v) is 4.90. The van der Waals surface area contributed by atoms with Crippen LogP contribution in [0.1, 0.15) is 46.4 Å². The van der Waals surface area contributed by atoms with Gasteiger partial charge in [0.2, 0.25) is 0 Å². The molecule has 3 aromatic carbocycles. The van der Waals surface area contributed by atoms with Crippen molar-refractivity contribution in [2.24, 2.45) is 0 Å². The Balaban J connectivity index is 1.57. The second-order valence-corrected chi connectivity index (χ2v) is 10.5. The smallest absolute Gasteiger partial charge is 0.417 e. The van der Waals surface area contributed by atoms with E-state index < -0.39 is 40.3 Å². The number of Topliss-reactive ketones (excluding diaryl/α,β-unsaturated/α-hetero) is 1. The summed E-state index contributed by atoms with van der Waals surface area (Å²) in [6.45, 7) is 0.0399. The molecule has 0 saturated carbocycles. The van der Waals surface area contributed by atoms with Crippen LogP contribution in [0.15, 0.2) is 72.9 Å². The van der Waals surface area contributed by atoms with Crippen molar-refractivity contribution >= 4 is 40.6 Å². The van der Waals surface area contributed by atoms with Crippen molar-refractivity contribution < 1.29 is 41.0 Å². The molecule has 0 amide bonds. The Kier molecular flexibility index (Phi) is 9.90. The third-order valence-corrected chi connectivity index (χ3v) is 7.27. The first-order chi connectivity index (χ1) is 20.6. The average Bonchev–Trinajstić information content (AvgIpc) is 2.95. The van der Waals surface area contributed by atoms with E-state index in [1.807, 2.05) is 0 Å². The second kappa shape index (κ2) is 13.3. The summed E-state index contributed by atoms with van der Waals surface area (Å²) in [5.74, 6) is -1.43. The topological polar surface area (TPSA) is 79.3 Å². The molecular weight excluding hydrogens is 633 g/mol. The van der Waals surface area contributed by atoms with Crippen LogP contribution in [0, 0.1) is 0 Å². The third-order valence-electron chi connectivity index (χ3n) is 6.63. The number of carbonyl (C=O) groups excluding carboxylic acids is 1. The zero-order valence-electron chi connectivity index (χ0n) is 22.5. The number of rotatable bonds is 10. The number of aliphatic carboxylic acids is 1. The Morgan fingerprint density at radius 1 is 0.773 bits per heavy atom. The van der Waals surface area contributed by atoms with Crippen molar-refractivity contribution in [1.29, 1.82) is 0 Å². The molecule has 44 heavy (non-hydrogen) atoms. The highest BCUT2D eigenvalue weighted by Gasteiger charge is 2.34. The number of ketones is 1. The summed E-state index contributed by atoms with van der Waals surface area (Å²) < 4.78 is 80.6. The van der Waals surface area contributed by atoms with E-state index in [9.17, 15) is 35.9 Å². The maximum Gasteiger partial charge on any atom is 0.417 e. The molecule has 1 heterocycles. The van der Waals surface area contributed by atoms with Crippen molar-refractivity contribution in [1.82, 2.24) is 4.98 Å². The van der Waals surface area contributed by atoms with Gasteiger partial charge in [-0.2, -0.15) is 26.3 Å². The summed E-state index contributed by atoms with van der Waals surface area (Å²) >= 11 is 12.1. The Morgan fingerprint density at radius 3 is 2.11 bits per heavy atom. The number of hydrogen-bond donors (Lipinski definition) is 2. The molecule has 2 N–H and O–H groups in total. The fourth-order valence-electron chi connectivity index (χ4n) is 4.39. The number of nitrogens with zero attached hydrogens (tertiary/aromatic N) is 1. The first-order valence-corrected chi connectivity index (χ1v) is 13.7. The van der Waals surface area contributed by atoms with Gasteiger partial charge in [0.1, 0.15) is 5.69 Å². The predicted molar refractivity (Wildman–Crippen MR) is 155 cm³/mol. The number of nitrogens with one attached hydrogen (secondary N) is 1. The maximum atomic E-state index is 13.5. The van der Waals surface area contributed by atoms with Crippen LogP contribution in [0.25, 0.3) is 22.3 Å². The molecule has 0 saturated heterocycles. The van der Waals surface area contributed by atoms with Gasteiger partial charge in [0.05, 0.1) is 21.2 Å². The monoisotopic (exact) mass is 654 g/mol. The van der Waals surface area contributed by atoms with Gasteiger partial charge in [-0.25, -0.2) is 0 Å². The van der Waals surface area contributed by atoms with Gasteiger partial charge in [-0.15, -0.1) is 0 Å². The Bertz CT molecular complexity index is 1690. The molecule has 0 aliphatic rings. The lowest BCUT2D eigenvalue weighted by Crippen LogP contribution is -2.08. The number of carboxylic acids is 1. The number of halogens is 8. The molecule has 230 valence electrons. The van der Waals surface area contributed by atoms with E-state index in [1.54, 1.807) is 6.07 Å². The standard InChI is InChI=1S/C31H22Cl2F6N2O3/c32-25-10-5-17(12-24(25)31(37,38)39)22-9-8-21(14-26(22)33)40-15-18-4-7-20(30(34,35)36)13-23(18)19-6-11-27(41-16-19)28(42)2-1-3-29(43)44/h4-14,16,40H,1-3,15H2,(H,43,44). The van der Waals surface area contributed by atoms with Gasteiger partial charge >= 0.3 is 18.3 Å². The van der Waals surface area contributed by atoms with E-state index in [-0.39, 0.29) is 47.7 Å². The lowest BCUT2D eigenvalue weighted by Gasteiger charge is -2.16. The summed E-state index contributed by atoms with van der Waals surface area (Å²) in [7, 11) is 0. The van der Waals surface area contributed by atoms with Gasteiger partial charge in [-0.3, -0.25) is 14.6 Å². The summed E-state index contributed by atoms with van der Waals surface area (Å²) in [4.78, 5) is 27.1. The lowest BCUT2D eigenvalue weighted by molar-refractivity contribution is -0.138. The van der Waals surface area contributed by atoms with Crippen molar-refractivity contribution in [2.75, 3.05) is 5.32 Å². The first-order valence-electron chi connectivity index (χ1n) is 13.0. The molecule has 0 radical (unpaired) electrons. The SMILES string of the molecule is O=C(O)CCCC(=O)c1ccc(-c2cc(C(F)(F)F)ccc2CNc2ccc(-c3ccc(Cl)c(C(F)(F)F)c3)c(Cl)c2)cn1. The number of anilines is 1. The molecule has 0 aliphatic carbocycles. The molecule has 4 rings (SSSR count). The summed E-state index contributed by atoms with van der Waals surface area (Å²) in [5.41, 5.74) is 0.0953. The fraction of sp³-hybridized carbons (Fsp3) is 0.194. The Morgan fingerprint density at radius 2 is 1.50 bits per heavy atom. The van der Waals surface area contributed by atoms with Crippen LogP contribution in [0.5, 0.6) is 0 Å². The molecule has 1 aromatic heterocycles. The van der Waals surface area contributed by atoms with Crippen molar-refractivity contribution in [3.63, 3.8) is 0 Å². The highest BCUT2D eigenvalue weighted by atomic mass is 35.5. The number of carbonyl (C=O) groups is 2. The van der Waals surface area contributed by atoms with Crippen molar-refractivity contribution in [2.45, 2.75) is 38.2 Å². The van der Waals surface area contributed by atoms with E-state index in [0.717, 1.165) is 24.3 Å². The number of hydrogen-bond acceptors (Lipinski definition) is 4. The molecule has 0 atom stereocenters. The van der Waals surface area contributed by atoms with Crippen LogP contribution in [0.3, 0.4) is 0 Å². The van der Waals surface area contributed by atoms with Crippen molar-refractivity contribution in [3.8, 4) is 22.3 Å². The molecule has 4 aromatic rings. The third kappa shape index (κ3) is 8.09. The minimum Gasteiger partial charge on any atom is -0.481 e. The zero-order chi connectivity index (χ0) is 32.2. The van der Waals surface area contributed by atoms with Crippen LogP contribution in [-0.4, -0.2) is 21.8 Å². The predicted octanol–water partition coefficient (Wildman–Crippen LogP) is 9.81. The first kappa shape index (κ1) is 32.8. The zero-order valence-corrected chi connectivity index (χ0v) is 24.0. The van der Waals surface area contributed by atoms with Crippen LogP contribution >= 0.6 is 23.2 Å². The number of pyridine rings is 1. The molecule has 0 unspecified atom stereocenters. The maximum absolute atomic E-state index is 13.5. The van der Waals surface area contributed by atoms with Gasteiger partial charge in [0, 0.05) is 42.4 Å². The summed E-state index contributed by atoms with van der Waals surface area (Å²) in [5, 5.41) is 11.5. The van der Waals surface area contributed by atoms with E-state index in [2.05, 4.69) is 10.3 Å². The highest BCUT2D eigenvalue weighted by molar-refractivity contribution is 6.34. The molecule has 0 spiro atoms. The van der Waals surface area contributed by atoms with E-state index in [1.165, 1.54) is 42.6 Å². The molecule has 5 nitrogen and oxygen atoms in total. The minimum atomic E-state index is -4.66. The Hall–Kier alpha value is -4.09. The molecule has 0 bridgehead atoms. The van der Waals surface area contributed by atoms with Gasteiger partial charge in [0.25, 0.3) is 0 Å². The minimum absolute atomic E-state index is 0.0399.